The van der Waals surface area contributed by atoms with Crippen LogP contribution >= 0.6 is 23.5 Å². The standard InChI is InChI=1S/C12H23NOS2/c1-2-10-12(16-8-7-15-10)11(13)9-3-5-14-6-4-9/h9-12H,2-8,13H2,1H3. The van der Waals surface area contributed by atoms with Gasteiger partial charge in [0.25, 0.3) is 0 Å². The molecule has 0 bridgehead atoms. The van der Waals surface area contributed by atoms with Crippen molar-refractivity contribution >= 4 is 23.5 Å². The summed E-state index contributed by atoms with van der Waals surface area (Å²) < 4.78 is 5.42. The Hall–Kier alpha value is 0.620. The Morgan fingerprint density at radius 3 is 2.62 bits per heavy atom. The minimum absolute atomic E-state index is 0.381. The van der Waals surface area contributed by atoms with Crippen LogP contribution in [0.3, 0.4) is 0 Å². The van der Waals surface area contributed by atoms with E-state index in [1.807, 2.05) is 0 Å². The molecule has 0 saturated carbocycles. The number of hydrogen-bond donors (Lipinski definition) is 1. The van der Waals surface area contributed by atoms with Gasteiger partial charge in [-0.3, -0.25) is 0 Å². The number of hydrogen-bond acceptors (Lipinski definition) is 4. The zero-order chi connectivity index (χ0) is 11.4. The van der Waals surface area contributed by atoms with Crippen molar-refractivity contribution in [1.29, 1.82) is 0 Å². The molecule has 0 aromatic heterocycles. The second-order valence-electron chi connectivity index (χ2n) is 4.68. The summed E-state index contributed by atoms with van der Waals surface area (Å²) in [7, 11) is 0. The van der Waals surface area contributed by atoms with Gasteiger partial charge >= 0.3 is 0 Å². The zero-order valence-electron chi connectivity index (χ0n) is 10.1. The molecule has 2 aliphatic heterocycles. The maximum absolute atomic E-state index is 6.50. The van der Waals surface area contributed by atoms with Crippen LogP contribution in [0, 0.1) is 5.92 Å². The van der Waals surface area contributed by atoms with Crippen molar-refractivity contribution in [2.45, 2.75) is 42.7 Å². The van der Waals surface area contributed by atoms with Gasteiger partial charge < -0.3 is 10.5 Å². The molecule has 2 fully saturated rings. The van der Waals surface area contributed by atoms with E-state index in [0.717, 1.165) is 18.5 Å². The van der Waals surface area contributed by atoms with Gasteiger partial charge in [0.15, 0.2) is 0 Å². The predicted molar refractivity (Wildman–Crippen MR) is 74.3 cm³/mol. The first-order valence-corrected chi connectivity index (χ1v) is 8.49. The minimum Gasteiger partial charge on any atom is -0.381 e. The lowest BCUT2D eigenvalue weighted by molar-refractivity contribution is 0.0581. The first-order chi connectivity index (χ1) is 7.83. The second kappa shape index (κ2) is 6.53. The molecule has 2 N–H and O–H groups in total. The third-order valence-corrected chi connectivity index (χ3v) is 7.08. The lowest BCUT2D eigenvalue weighted by atomic mass is 9.89. The number of rotatable bonds is 3. The van der Waals surface area contributed by atoms with Crippen LogP contribution in [0.15, 0.2) is 0 Å². The van der Waals surface area contributed by atoms with Crippen LogP contribution in [0.5, 0.6) is 0 Å². The average molecular weight is 261 g/mol. The van der Waals surface area contributed by atoms with E-state index >= 15 is 0 Å². The fraction of sp³-hybridized carbons (Fsp3) is 1.00. The average Bonchev–Trinajstić information content (AvgIpc) is 2.39. The Labute approximate surface area is 107 Å². The van der Waals surface area contributed by atoms with Gasteiger partial charge in [-0.2, -0.15) is 23.5 Å². The summed E-state index contributed by atoms with van der Waals surface area (Å²) in [6, 6.07) is 0.381. The summed E-state index contributed by atoms with van der Waals surface area (Å²) in [6.45, 7) is 4.13. The third kappa shape index (κ3) is 3.09. The molecule has 0 amide bonds. The Balaban J connectivity index is 1.92. The van der Waals surface area contributed by atoms with Gasteiger partial charge in [-0.25, -0.2) is 0 Å². The van der Waals surface area contributed by atoms with Crippen molar-refractivity contribution in [3.63, 3.8) is 0 Å². The molecule has 94 valence electrons. The van der Waals surface area contributed by atoms with E-state index in [4.69, 9.17) is 10.5 Å². The molecule has 3 atom stereocenters. The van der Waals surface area contributed by atoms with Crippen LogP contribution in [-0.4, -0.2) is 41.3 Å². The van der Waals surface area contributed by atoms with E-state index in [2.05, 4.69) is 30.4 Å². The highest BCUT2D eigenvalue weighted by atomic mass is 32.2. The van der Waals surface area contributed by atoms with Gasteiger partial charge in [0, 0.05) is 41.3 Å². The van der Waals surface area contributed by atoms with Crippen molar-refractivity contribution < 1.29 is 4.74 Å². The highest BCUT2D eigenvalue weighted by Crippen LogP contribution is 2.37. The van der Waals surface area contributed by atoms with E-state index < -0.39 is 0 Å². The first kappa shape index (κ1) is 13.1. The monoisotopic (exact) mass is 261 g/mol. The summed E-state index contributed by atoms with van der Waals surface area (Å²) in [5.41, 5.74) is 6.50. The quantitative estimate of drug-likeness (QED) is 0.846. The molecule has 2 saturated heterocycles. The highest BCUT2D eigenvalue weighted by molar-refractivity contribution is 8.07. The normalized spacial score (nSPS) is 34.9. The van der Waals surface area contributed by atoms with Crippen LogP contribution < -0.4 is 5.73 Å². The molecule has 0 spiro atoms. The smallest absolute Gasteiger partial charge is 0.0469 e. The molecule has 0 aromatic carbocycles. The Kier molecular flexibility index (Phi) is 5.33. The van der Waals surface area contributed by atoms with E-state index in [9.17, 15) is 0 Å². The third-order valence-electron chi connectivity index (χ3n) is 3.68. The second-order valence-corrected chi connectivity index (χ2v) is 7.31. The van der Waals surface area contributed by atoms with Crippen LogP contribution in [0.1, 0.15) is 26.2 Å². The van der Waals surface area contributed by atoms with Gasteiger partial charge in [-0.1, -0.05) is 6.92 Å². The summed E-state index contributed by atoms with van der Waals surface area (Å²) in [5, 5.41) is 1.45. The van der Waals surface area contributed by atoms with Crippen molar-refractivity contribution in [3.8, 4) is 0 Å². The van der Waals surface area contributed by atoms with Gasteiger partial charge in [-0.15, -0.1) is 0 Å². The van der Waals surface area contributed by atoms with Gasteiger partial charge in [0.05, 0.1) is 0 Å². The van der Waals surface area contributed by atoms with Crippen molar-refractivity contribution in [3.05, 3.63) is 0 Å². The molecule has 3 unspecified atom stereocenters. The Morgan fingerprint density at radius 1 is 1.25 bits per heavy atom. The number of ether oxygens (including phenoxy) is 1. The minimum atomic E-state index is 0.381. The topological polar surface area (TPSA) is 35.2 Å². The predicted octanol–water partition coefficient (Wildman–Crippen LogP) is 2.37. The van der Waals surface area contributed by atoms with Crippen LogP contribution in [0.2, 0.25) is 0 Å². The van der Waals surface area contributed by atoms with Crippen LogP contribution in [0.25, 0.3) is 0 Å². The lowest BCUT2D eigenvalue weighted by Gasteiger charge is -2.39. The van der Waals surface area contributed by atoms with Gasteiger partial charge in [0.2, 0.25) is 0 Å². The maximum atomic E-state index is 6.50. The summed E-state index contributed by atoms with van der Waals surface area (Å²) in [4.78, 5) is 0. The molecule has 0 radical (unpaired) electrons. The molecule has 0 aliphatic carbocycles. The van der Waals surface area contributed by atoms with Crippen molar-refractivity contribution in [2.24, 2.45) is 11.7 Å². The largest absolute Gasteiger partial charge is 0.381 e. The zero-order valence-corrected chi connectivity index (χ0v) is 11.7. The summed E-state index contributed by atoms with van der Waals surface area (Å²) in [6.07, 6.45) is 3.60. The van der Waals surface area contributed by atoms with E-state index in [0.29, 0.717) is 17.2 Å². The number of thioether (sulfide) groups is 2. The van der Waals surface area contributed by atoms with E-state index in [-0.39, 0.29) is 0 Å². The Morgan fingerprint density at radius 2 is 1.94 bits per heavy atom. The molecule has 2 aliphatic rings. The Bertz CT molecular complexity index is 209. The molecular weight excluding hydrogens is 238 g/mol. The van der Waals surface area contributed by atoms with Crippen LogP contribution in [0.4, 0.5) is 0 Å². The highest BCUT2D eigenvalue weighted by Gasteiger charge is 2.34. The van der Waals surface area contributed by atoms with Crippen molar-refractivity contribution in [1.82, 2.24) is 0 Å². The lowest BCUT2D eigenvalue weighted by Crippen LogP contribution is -2.47. The molecule has 2 nitrogen and oxygen atoms in total. The van der Waals surface area contributed by atoms with Crippen LogP contribution in [-0.2, 0) is 4.74 Å². The summed E-state index contributed by atoms with van der Waals surface area (Å²) in [5.74, 6) is 3.28. The fourth-order valence-corrected chi connectivity index (χ4v) is 5.94. The van der Waals surface area contributed by atoms with E-state index in [1.54, 1.807) is 0 Å². The SMILES string of the molecule is CCC1SCCSC1C(N)C1CCOCC1. The van der Waals surface area contributed by atoms with Gasteiger partial charge in [-0.05, 0) is 25.2 Å². The molecule has 2 rings (SSSR count). The molecule has 16 heavy (non-hydrogen) atoms. The molecule has 0 aromatic rings. The molecule has 2 heterocycles. The maximum Gasteiger partial charge on any atom is 0.0469 e. The molecular formula is C12H23NOS2. The summed E-state index contributed by atoms with van der Waals surface area (Å²) >= 11 is 4.24. The van der Waals surface area contributed by atoms with E-state index in [1.165, 1.54) is 30.8 Å². The number of nitrogens with two attached hydrogens (primary N) is 1. The molecule has 4 heteroatoms. The fourth-order valence-electron chi connectivity index (χ4n) is 2.66. The first-order valence-electron chi connectivity index (χ1n) is 6.39. The van der Waals surface area contributed by atoms with Gasteiger partial charge in [0.1, 0.15) is 0 Å². The van der Waals surface area contributed by atoms with Crippen molar-refractivity contribution in [2.75, 3.05) is 24.7 Å².